The fourth-order valence-electron chi connectivity index (χ4n) is 3.20. The lowest BCUT2D eigenvalue weighted by molar-refractivity contribution is -0.117. The van der Waals surface area contributed by atoms with Crippen LogP contribution in [0.3, 0.4) is 0 Å². The zero-order valence-electron chi connectivity index (χ0n) is 14.9. The Morgan fingerprint density at radius 3 is 2.58 bits per heavy atom. The predicted octanol–water partition coefficient (Wildman–Crippen LogP) is 3.56. The number of benzene rings is 1. The molecule has 1 aliphatic heterocycles. The van der Waals surface area contributed by atoms with E-state index < -0.39 is 0 Å². The minimum Gasteiger partial charge on any atom is -0.326 e. The molecular formula is C18H31Cl2N3O. The molecule has 2 rings (SSSR count). The second-order valence-electron chi connectivity index (χ2n) is 6.76. The summed E-state index contributed by atoms with van der Waals surface area (Å²) in [6.07, 6.45) is 2.99. The number of rotatable bonds is 6. The Morgan fingerprint density at radius 2 is 1.96 bits per heavy atom. The summed E-state index contributed by atoms with van der Waals surface area (Å²) in [7, 11) is 4.10. The van der Waals surface area contributed by atoms with E-state index in [1.165, 1.54) is 18.4 Å². The van der Waals surface area contributed by atoms with Crippen LogP contribution in [0.2, 0.25) is 0 Å². The maximum Gasteiger partial charge on any atom is 0.224 e. The largest absolute Gasteiger partial charge is 0.326 e. The van der Waals surface area contributed by atoms with Crippen LogP contribution >= 0.6 is 24.8 Å². The van der Waals surface area contributed by atoms with E-state index in [1.807, 2.05) is 26.2 Å². The van der Waals surface area contributed by atoms with Gasteiger partial charge < -0.3 is 15.5 Å². The van der Waals surface area contributed by atoms with Crippen molar-refractivity contribution in [1.29, 1.82) is 0 Å². The molecule has 24 heavy (non-hydrogen) atoms. The Kier molecular flexibility index (Phi) is 11.3. The van der Waals surface area contributed by atoms with Crippen LogP contribution in [0.25, 0.3) is 0 Å². The van der Waals surface area contributed by atoms with Gasteiger partial charge in [0.1, 0.15) is 0 Å². The average Bonchev–Trinajstić information content (AvgIpc) is 2.47. The summed E-state index contributed by atoms with van der Waals surface area (Å²) in [6, 6.07) is 8.12. The summed E-state index contributed by atoms with van der Waals surface area (Å²) >= 11 is 0. The van der Waals surface area contributed by atoms with Gasteiger partial charge in [0.2, 0.25) is 5.91 Å². The van der Waals surface area contributed by atoms with Gasteiger partial charge in [0.05, 0.1) is 0 Å². The lowest BCUT2D eigenvalue weighted by atomic mass is 9.84. The van der Waals surface area contributed by atoms with Crippen molar-refractivity contribution in [3.63, 3.8) is 0 Å². The third-order valence-corrected chi connectivity index (χ3v) is 4.41. The minimum atomic E-state index is 0. The van der Waals surface area contributed by atoms with Gasteiger partial charge in [0.15, 0.2) is 0 Å². The number of anilines is 1. The fraction of sp³-hybridized carbons (Fsp3) is 0.611. The number of nitrogens with one attached hydrogen (secondary N) is 2. The molecule has 1 aliphatic rings. The van der Waals surface area contributed by atoms with E-state index in [9.17, 15) is 4.79 Å². The standard InChI is InChI=1S/C18H29N3O.2ClH/c1-14(16-7-9-19-10-8-16)11-18(22)20-17-6-4-5-15(12-17)13-21(2)3;;/h4-6,12,14,16,19H,7-11,13H2,1-3H3,(H,20,22);2*1H. The highest BCUT2D eigenvalue weighted by Gasteiger charge is 2.22. The Morgan fingerprint density at radius 1 is 1.29 bits per heavy atom. The maximum atomic E-state index is 12.3. The van der Waals surface area contributed by atoms with Gasteiger partial charge in [-0.15, -0.1) is 24.8 Å². The lowest BCUT2D eigenvalue weighted by Gasteiger charge is -2.27. The van der Waals surface area contributed by atoms with Crippen molar-refractivity contribution in [3.8, 4) is 0 Å². The molecule has 0 radical (unpaired) electrons. The van der Waals surface area contributed by atoms with E-state index in [-0.39, 0.29) is 30.7 Å². The van der Waals surface area contributed by atoms with E-state index >= 15 is 0 Å². The number of carbonyl (C=O) groups is 1. The summed E-state index contributed by atoms with van der Waals surface area (Å²) in [5.41, 5.74) is 2.12. The van der Waals surface area contributed by atoms with Gasteiger partial charge in [-0.05, 0) is 69.6 Å². The molecule has 4 nitrogen and oxygen atoms in total. The first-order valence-corrected chi connectivity index (χ1v) is 8.29. The molecule has 0 aliphatic carbocycles. The van der Waals surface area contributed by atoms with Crippen LogP contribution in [0.4, 0.5) is 5.69 Å². The molecule has 1 fully saturated rings. The third kappa shape index (κ3) is 7.84. The molecule has 138 valence electrons. The monoisotopic (exact) mass is 375 g/mol. The Balaban J connectivity index is 0.00000264. The summed E-state index contributed by atoms with van der Waals surface area (Å²) in [4.78, 5) is 14.4. The van der Waals surface area contributed by atoms with Crippen molar-refractivity contribution in [3.05, 3.63) is 29.8 Å². The number of nitrogens with zero attached hydrogens (tertiary/aromatic N) is 1. The number of piperidine rings is 1. The first-order chi connectivity index (χ1) is 10.5. The van der Waals surface area contributed by atoms with Crippen molar-refractivity contribution >= 4 is 36.4 Å². The quantitative estimate of drug-likeness (QED) is 0.798. The topological polar surface area (TPSA) is 44.4 Å². The van der Waals surface area contributed by atoms with Gasteiger partial charge in [0.25, 0.3) is 0 Å². The smallest absolute Gasteiger partial charge is 0.224 e. The van der Waals surface area contributed by atoms with Crippen LogP contribution in [0.5, 0.6) is 0 Å². The Bertz CT molecular complexity index is 491. The number of hydrogen-bond acceptors (Lipinski definition) is 3. The maximum absolute atomic E-state index is 12.3. The lowest BCUT2D eigenvalue weighted by Crippen LogP contribution is -2.32. The minimum absolute atomic E-state index is 0. The molecular weight excluding hydrogens is 345 g/mol. The number of amides is 1. The third-order valence-electron chi connectivity index (χ3n) is 4.41. The molecule has 6 heteroatoms. The van der Waals surface area contributed by atoms with Crippen LogP contribution in [-0.2, 0) is 11.3 Å². The fourth-order valence-corrected chi connectivity index (χ4v) is 3.20. The highest BCUT2D eigenvalue weighted by molar-refractivity contribution is 5.90. The van der Waals surface area contributed by atoms with Crippen molar-refractivity contribution < 1.29 is 4.79 Å². The van der Waals surface area contributed by atoms with Crippen molar-refractivity contribution in [1.82, 2.24) is 10.2 Å². The van der Waals surface area contributed by atoms with Gasteiger partial charge in [-0.2, -0.15) is 0 Å². The van der Waals surface area contributed by atoms with Crippen LogP contribution in [0, 0.1) is 11.8 Å². The molecule has 1 heterocycles. The van der Waals surface area contributed by atoms with E-state index in [1.54, 1.807) is 0 Å². The van der Waals surface area contributed by atoms with Gasteiger partial charge in [-0.25, -0.2) is 0 Å². The normalized spacial score (nSPS) is 16.0. The first kappa shape index (κ1) is 23.2. The molecule has 1 atom stereocenters. The molecule has 0 spiro atoms. The van der Waals surface area contributed by atoms with Crippen molar-refractivity contribution in [2.24, 2.45) is 11.8 Å². The van der Waals surface area contributed by atoms with Crippen molar-refractivity contribution in [2.45, 2.75) is 32.7 Å². The number of hydrogen-bond donors (Lipinski definition) is 2. The van der Waals surface area contributed by atoms with Crippen LogP contribution in [0.1, 0.15) is 31.7 Å². The zero-order chi connectivity index (χ0) is 15.9. The first-order valence-electron chi connectivity index (χ1n) is 8.29. The van der Waals surface area contributed by atoms with Crippen LogP contribution in [0.15, 0.2) is 24.3 Å². The van der Waals surface area contributed by atoms with Crippen LogP contribution in [-0.4, -0.2) is 38.0 Å². The molecule has 0 bridgehead atoms. The molecule has 0 saturated carbocycles. The van der Waals surface area contributed by atoms with E-state index in [2.05, 4.69) is 34.6 Å². The number of halogens is 2. The molecule has 1 aromatic carbocycles. The molecule has 1 aromatic rings. The van der Waals surface area contributed by atoms with E-state index in [0.29, 0.717) is 18.3 Å². The predicted molar refractivity (Wildman–Crippen MR) is 106 cm³/mol. The van der Waals surface area contributed by atoms with Gasteiger partial charge in [-0.1, -0.05) is 19.1 Å². The average molecular weight is 376 g/mol. The molecule has 2 N–H and O–H groups in total. The highest BCUT2D eigenvalue weighted by Crippen LogP contribution is 2.24. The SMILES string of the molecule is CC(CC(=O)Nc1cccc(CN(C)C)c1)C1CCNCC1.Cl.Cl. The Hall–Kier alpha value is -0.810. The van der Waals surface area contributed by atoms with Gasteiger partial charge in [0, 0.05) is 18.7 Å². The summed E-state index contributed by atoms with van der Waals surface area (Å²) < 4.78 is 0. The summed E-state index contributed by atoms with van der Waals surface area (Å²) in [5, 5.41) is 6.43. The molecule has 1 saturated heterocycles. The highest BCUT2D eigenvalue weighted by atomic mass is 35.5. The molecule has 1 amide bonds. The summed E-state index contributed by atoms with van der Waals surface area (Å²) in [6.45, 7) is 5.26. The van der Waals surface area contributed by atoms with E-state index in [4.69, 9.17) is 0 Å². The summed E-state index contributed by atoms with van der Waals surface area (Å²) in [5.74, 6) is 1.26. The van der Waals surface area contributed by atoms with E-state index in [0.717, 1.165) is 25.3 Å². The molecule has 1 unspecified atom stereocenters. The van der Waals surface area contributed by atoms with Crippen molar-refractivity contribution in [2.75, 3.05) is 32.5 Å². The van der Waals surface area contributed by atoms with Gasteiger partial charge in [-0.3, -0.25) is 4.79 Å². The molecule has 0 aromatic heterocycles. The zero-order valence-corrected chi connectivity index (χ0v) is 16.5. The Labute approximate surface area is 158 Å². The second kappa shape index (κ2) is 11.7. The van der Waals surface area contributed by atoms with Crippen LogP contribution < -0.4 is 10.6 Å². The second-order valence-corrected chi connectivity index (χ2v) is 6.76. The van der Waals surface area contributed by atoms with Gasteiger partial charge >= 0.3 is 0 Å². The number of carbonyl (C=O) groups excluding carboxylic acids is 1.